The quantitative estimate of drug-likeness (QED) is 0.783. The summed E-state index contributed by atoms with van der Waals surface area (Å²) in [5, 5.41) is 0. The summed E-state index contributed by atoms with van der Waals surface area (Å²) in [6.07, 6.45) is 8.71. The molecule has 0 N–H and O–H groups in total. The van der Waals surface area contributed by atoms with Crippen LogP contribution in [0.15, 0.2) is 0 Å². The van der Waals surface area contributed by atoms with E-state index in [2.05, 4.69) is 9.80 Å². The van der Waals surface area contributed by atoms with Crippen molar-refractivity contribution in [1.82, 2.24) is 9.80 Å². The van der Waals surface area contributed by atoms with Gasteiger partial charge in [0.1, 0.15) is 0 Å². The van der Waals surface area contributed by atoms with Crippen LogP contribution in [0.3, 0.4) is 0 Å². The first-order valence-corrected chi connectivity index (χ1v) is 9.31. The van der Waals surface area contributed by atoms with E-state index in [1.54, 1.807) is 0 Å². The summed E-state index contributed by atoms with van der Waals surface area (Å²) >= 11 is 0. The smallest absolute Gasteiger partial charge is 0.222 e. The molecule has 0 unspecified atom stereocenters. The number of nitrogens with zero attached hydrogens (tertiary/aromatic N) is 2. The van der Waals surface area contributed by atoms with Crippen molar-refractivity contribution < 1.29 is 9.59 Å². The van der Waals surface area contributed by atoms with Crippen molar-refractivity contribution in [3.05, 3.63) is 0 Å². The van der Waals surface area contributed by atoms with Crippen LogP contribution in [0.1, 0.15) is 51.4 Å². The molecule has 0 aromatic rings. The minimum absolute atomic E-state index is 0.406. The summed E-state index contributed by atoms with van der Waals surface area (Å²) in [6, 6.07) is 1.08. The summed E-state index contributed by atoms with van der Waals surface area (Å²) in [5.74, 6) is 3.70. The Hall–Kier alpha value is -1.06. The molecule has 2 amide bonds. The van der Waals surface area contributed by atoms with E-state index in [1.165, 1.54) is 25.7 Å². The van der Waals surface area contributed by atoms with E-state index >= 15 is 0 Å². The molecule has 0 radical (unpaired) electrons. The monoisotopic (exact) mass is 302 g/mol. The zero-order chi connectivity index (χ0) is 14.8. The Morgan fingerprint density at radius 3 is 1.27 bits per heavy atom. The van der Waals surface area contributed by atoms with Crippen molar-refractivity contribution >= 4 is 11.8 Å². The lowest BCUT2D eigenvalue weighted by Crippen LogP contribution is -2.63. The molecule has 120 valence electrons. The van der Waals surface area contributed by atoms with Crippen LogP contribution in [-0.4, -0.2) is 46.8 Å². The van der Waals surface area contributed by atoms with Crippen molar-refractivity contribution in [2.45, 2.75) is 63.5 Å². The molecule has 4 aliphatic carbocycles. The van der Waals surface area contributed by atoms with Gasteiger partial charge in [-0.05, 0) is 62.2 Å². The number of likely N-dealkylation sites (tertiary alicyclic amines) is 2. The molecule has 0 spiro atoms. The number of hydrogen-bond donors (Lipinski definition) is 0. The molecule has 6 rings (SSSR count). The van der Waals surface area contributed by atoms with Gasteiger partial charge in [-0.2, -0.15) is 0 Å². The zero-order valence-electron chi connectivity index (χ0n) is 13.2. The first-order valence-electron chi connectivity index (χ1n) is 9.31. The minimum Gasteiger partial charge on any atom is -0.339 e. The molecule has 22 heavy (non-hydrogen) atoms. The highest BCUT2D eigenvalue weighted by molar-refractivity contribution is 5.79. The first-order chi connectivity index (χ1) is 10.7. The van der Waals surface area contributed by atoms with Crippen molar-refractivity contribution in [3.63, 3.8) is 0 Å². The summed E-state index contributed by atoms with van der Waals surface area (Å²) in [7, 11) is 0. The van der Waals surface area contributed by atoms with Crippen LogP contribution in [0, 0.1) is 23.7 Å². The molecule has 2 saturated heterocycles. The molecule has 4 saturated carbocycles. The van der Waals surface area contributed by atoms with Crippen LogP contribution in [0.2, 0.25) is 0 Å². The van der Waals surface area contributed by atoms with E-state index in [9.17, 15) is 9.59 Å². The molecular formula is C18H26N2O2. The van der Waals surface area contributed by atoms with E-state index in [0.717, 1.165) is 62.4 Å². The number of carbonyl (C=O) groups excluding carboxylic acids is 2. The molecule has 4 bridgehead atoms. The predicted octanol–water partition coefficient (Wildman–Crippen LogP) is 2.03. The molecule has 4 heteroatoms. The number of hydrogen-bond acceptors (Lipinski definition) is 2. The highest BCUT2D eigenvalue weighted by Gasteiger charge is 2.57. The van der Waals surface area contributed by atoms with Gasteiger partial charge < -0.3 is 9.80 Å². The Kier molecular flexibility index (Phi) is 2.87. The first kappa shape index (κ1) is 13.4. The van der Waals surface area contributed by atoms with Crippen LogP contribution in [0.4, 0.5) is 0 Å². The predicted molar refractivity (Wildman–Crippen MR) is 81.9 cm³/mol. The topological polar surface area (TPSA) is 40.6 Å². The normalized spacial score (nSPS) is 47.1. The summed E-state index contributed by atoms with van der Waals surface area (Å²) in [5.41, 5.74) is 0. The van der Waals surface area contributed by atoms with Gasteiger partial charge in [0.25, 0.3) is 0 Å². The SMILES string of the molecule is O=C1CCCN1C1C2CC3CC1CC(C2)C3N1CCCC1=O. The fourth-order valence-corrected chi connectivity index (χ4v) is 6.81. The van der Waals surface area contributed by atoms with Gasteiger partial charge in [-0.15, -0.1) is 0 Å². The molecule has 0 aromatic heterocycles. The fraction of sp³-hybridized carbons (Fsp3) is 0.889. The van der Waals surface area contributed by atoms with Crippen molar-refractivity contribution in [2.75, 3.05) is 13.1 Å². The Balaban J connectivity index is 1.38. The van der Waals surface area contributed by atoms with Crippen molar-refractivity contribution in [1.29, 1.82) is 0 Å². The van der Waals surface area contributed by atoms with Gasteiger partial charge in [-0.1, -0.05) is 0 Å². The lowest BCUT2D eigenvalue weighted by molar-refractivity contribution is -0.151. The molecule has 6 aliphatic rings. The largest absolute Gasteiger partial charge is 0.339 e. The van der Waals surface area contributed by atoms with Crippen LogP contribution in [-0.2, 0) is 9.59 Å². The molecule has 0 aromatic carbocycles. The third-order valence-electron chi connectivity index (χ3n) is 7.29. The highest BCUT2D eigenvalue weighted by Crippen LogP contribution is 2.57. The van der Waals surface area contributed by atoms with Gasteiger partial charge in [0.05, 0.1) is 0 Å². The molecular weight excluding hydrogens is 276 g/mol. The Labute approximate surface area is 132 Å². The summed E-state index contributed by atoms with van der Waals surface area (Å²) < 4.78 is 0. The molecule has 6 fully saturated rings. The Morgan fingerprint density at radius 1 is 0.636 bits per heavy atom. The van der Waals surface area contributed by atoms with Gasteiger partial charge >= 0.3 is 0 Å². The van der Waals surface area contributed by atoms with E-state index in [-0.39, 0.29) is 0 Å². The van der Waals surface area contributed by atoms with Crippen molar-refractivity contribution in [3.8, 4) is 0 Å². The molecule has 2 aliphatic heterocycles. The maximum absolute atomic E-state index is 12.2. The third-order valence-corrected chi connectivity index (χ3v) is 7.29. The van der Waals surface area contributed by atoms with Crippen LogP contribution in [0.5, 0.6) is 0 Å². The van der Waals surface area contributed by atoms with E-state index < -0.39 is 0 Å². The molecule has 0 atom stereocenters. The van der Waals surface area contributed by atoms with Gasteiger partial charge in [-0.3, -0.25) is 9.59 Å². The average molecular weight is 302 g/mol. The second-order valence-electron chi connectivity index (χ2n) is 8.35. The summed E-state index contributed by atoms with van der Waals surface area (Å²) in [6.45, 7) is 2.00. The zero-order valence-corrected chi connectivity index (χ0v) is 13.2. The number of rotatable bonds is 2. The average Bonchev–Trinajstić information content (AvgIpc) is 3.08. The maximum Gasteiger partial charge on any atom is 0.222 e. The number of amides is 2. The Morgan fingerprint density at radius 2 is 1.00 bits per heavy atom. The number of carbonyl (C=O) groups is 2. The van der Waals surface area contributed by atoms with E-state index in [4.69, 9.17) is 0 Å². The van der Waals surface area contributed by atoms with Gasteiger partial charge in [-0.25, -0.2) is 0 Å². The second kappa shape index (κ2) is 4.72. The summed E-state index contributed by atoms with van der Waals surface area (Å²) in [4.78, 5) is 28.9. The standard InChI is InChI=1S/C18H26N2O2/c21-15-3-1-5-19(15)17-11-7-13-9-12(17)10-14(8-11)18(13)20-6-2-4-16(20)22/h11-14,17-18H,1-10H2. The van der Waals surface area contributed by atoms with E-state index in [1.807, 2.05) is 0 Å². The van der Waals surface area contributed by atoms with Crippen LogP contribution >= 0.6 is 0 Å². The highest BCUT2D eigenvalue weighted by atomic mass is 16.2. The van der Waals surface area contributed by atoms with Gasteiger partial charge in [0.2, 0.25) is 11.8 Å². The Bertz CT molecular complexity index is 445. The molecule has 2 heterocycles. The van der Waals surface area contributed by atoms with E-state index in [0.29, 0.717) is 23.9 Å². The van der Waals surface area contributed by atoms with Crippen molar-refractivity contribution in [2.24, 2.45) is 23.7 Å². The van der Waals surface area contributed by atoms with Crippen LogP contribution in [0.25, 0.3) is 0 Å². The minimum atomic E-state index is 0.406. The maximum atomic E-state index is 12.2. The third kappa shape index (κ3) is 1.75. The lowest BCUT2D eigenvalue weighted by atomic mass is 9.51. The van der Waals surface area contributed by atoms with Gasteiger partial charge in [0, 0.05) is 38.0 Å². The lowest BCUT2D eigenvalue weighted by Gasteiger charge is -2.61. The van der Waals surface area contributed by atoms with Gasteiger partial charge in [0.15, 0.2) is 0 Å². The van der Waals surface area contributed by atoms with Crippen LogP contribution < -0.4 is 0 Å². The molecule has 4 nitrogen and oxygen atoms in total. The second-order valence-corrected chi connectivity index (χ2v) is 8.35. The fourth-order valence-electron chi connectivity index (χ4n) is 6.81.